The zero-order valence-corrected chi connectivity index (χ0v) is 23.0. The number of benzene rings is 4. The van der Waals surface area contributed by atoms with Crippen molar-refractivity contribution in [1.82, 2.24) is 0 Å². The lowest BCUT2D eigenvalue weighted by atomic mass is 10.1. The average Bonchev–Trinajstić information content (AvgIpc) is 2.88. The maximum Gasteiger partial charge on any atom is 0.180 e. The Bertz CT molecular complexity index is 1460. The molecule has 1 spiro atoms. The van der Waals surface area contributed by atoms with Gasteiger partial charge in [-0.25, -0.2) is 0 Å². The number of hydrogen-bond acceptors (Lipinski definition) is 0. The molecule has 0 aromatic heterocycles. The molecular formula is C36H32Si. The van der Waals surface area contributed by atoms with Crippen LogP contribution in [-0.4, -0.2) is 8.07 Å². The number of hydrogen-bond donors (Lipinski definition) is 0. The van der Waals surface area contributed by atoms with Crippen LogP contribution in [0.2, 0.25) is 0 Å². The van der Waals surface area contributed by atoms with Crippen molar-refractivity contribution in [2.24, 2.45) is 0 Å². The predicted octanol–water partition coefficient (Wildman–Crippen LogP) is 9.19. The third-order valence-corrected chi connectivity index (χ3v) is 12.6. The minimum atomic E-state index is -2.27. The Balaban J connectivity index is 1.58. The summed E-state index contributed by atoms with van der Waals surface area (Å²) in [7, 11) is -2.27. The lowest BCUT2D eigenvalue weighted by molar-refractivity contribution is 1.43. The first-order chi connectivity index (χ1) is 17.9. The molecule has 6 rings (SSSR count). The van der Waals surface area contributed by atoms with Gasteiger partial charge in [-0.1, -0.05) is 144 Å². The predicted molar refractivity (Wildman–Crippen MR) is 162 cm³/mol. The first-order valence-corrected chi connectivity index (χ1v) is 15.1. The average molecular weight is 493 g/mol. The second kappa shape index (κ2) is 9.17. The van der Waals surface area contributed by atoms with Gasteiger partial charge in [-0.2, -0.15) is 0 Å². The first kappa shape index (κ1) is 23.5. The second-order valence-corrected chi connectivity index (χ2v) is 14.4. The first-order valence-electron chi connectivity index (χ1n) is 13.1. The molecule has 0 radical (unpaired) electrons. The molecule has 0 bridgehead atoms. The van der Waals surface area contributed by atoms with Crippen LogP contribution in [0.5, 0.6) is 0 Å². The van der Waals surface area contributed by atoms with Gasteiger partial charge in [-0.05, 0) is 70.7 Å². The molecule has 0 aliphatic carbocycles. The highest BCUT2D eigenvalue weighted by Gasteiger charge is 2.57. The Labute approximate surface area is 222 Å². The molecule has 4 aromatic carbocycles. The fourth-order valence-corrected chi connectivity index (χ4v) is 10.4. The van der Waals surface area contributed by atoms with Crippen molar-refractivity contribution in [3.05, 3.63) is 164 Å². The van der Waals surface area contributed by atoms with Crippen molar-refractivity contribution in [2.75, 3.05) is 0 Å². The quantitative estimate of drug-likeness (QED) is 0.249. The van der Waals surface area contributed by atoms with Crippen LogP contribution < -0.4 is 0 Å². The van der Waals surface area contributed by atoms with E-state index in [9.17, 15) is 0 Å². The summed E-state index contributed by atoms with van der Waals surface area (Å²) >= 11 is 0. The number of rotatable bonds is 4. The van der Waals surface area contributed by atoms with Crippen molar-refractivity contribution < 1.29 is 0 Å². The Hall–Kier alpha value is -3.94. The smallest absolute Gasteiger partial charge is 0.0609 e. The second-order valence-electron chi connectivity index (χ2n) is 10.6. The molecule has 1 heteroatoms. The summed E-state index contributed by atoms with van der Waals surface area (Å²) in [5.74, 6) is 0. The summed E-state index contributed by atoms with van der Waals surface area (Å²) in [6.07, 6.45) is 9.79. The summed E-state index contributed by atoms with van der Waals surface area (Å²) in [5, 5.41) is 6.01. The normalized spacial score (nSPS) is 17.8. The minimum Gasteiger partial charge on any atom is -0.0609 e. The van der Waals surface area contributed by atoms with Crippen molar-refractivity contribution in [2.45, 2.75) is 27.7 Å². The van der Waals surface area contributed by atoms with Crippen LogP contribution in [-0.2, 0) is 0 Å². The zero-order valence-electron chi connectivity index (χ0n) is 22.0. The van der Waals surface area contributed by atoms with E-state index < -0.39 is 8.07 Å². The van der Waals surface area contributed by atoms with E-state index in [1.807, 2.05) is 0 Å². The van der Waals surface area contributed by atoms with Crippen molar-refractivity contribution in [3.63, 3.8) is 0 Å². The van der Waals surface area contributed by atoms with Crippen LogP contribution >= 0.6 is 0 Å². The van der Waals surface area contributed by atoms with Crippen LogP contribution in [0.15, 0.2) is 120 Å². The maximum atomic E-state index is 2.46. The molecular weight excluding hydrogens is 460 g/mol. The monoisotopic (exact) mass is 492 g/mol. The fourth-order valence-electron chi connectivity index (χ4n) is 5.57. The summed E-state index contributed by atoms with van der Waals surface area (Å²) < 4.78 is 0. The van der Waals surface area contributed by atoms with E-state index in [1.165, 1.54) is 65.3 Å². The molecule has 2 aliphatic rings. The van der Waals surface area contributed by atoms with E-state index in [0.717, 1.165) is 0 Å². The van der Waals surface area contributed by atoms with E-state index in [1.54, 1.807) is 0 Å². The molecule has 180 valence electrons. The van der Waals surface area contributed by atoms with Crippen LogP contribution in [0.4, 0.5) is 0 Å². The van der Waals surface area contributed by atoms with Crippen molar-refractivity contribution in [1.29, 1.82) is 0 Å². The van der Waals surface area contributed by atoms with Crippen molar-refractivity contribution >= 4 is 30.6 Å². The van der Waals surface area contributed by atoms with Gasteiger partial charge in [-0.15, -0.1) is 0 Å². The molecule has 0 amide bonds. The SMILES string of the molecule is Cc1ccc(/C=C2\C=C(c3ccc(C)cc3)[Si]23C(c2ccc(C)cc2)=C/C3=C\c2ccc(C)cc2)cc1. The Morgan fingerprint density at radius 1 is 0.405 bits per heavy atom. The third kappa shape index (κ3) is 4.10. The highest BCUT2D eigenvalue weighted by Crippen LogP contribution is 2.60. The standard InChI is InChI=1S/C36H32Si/c1-25-5-13-29(14-6-25)21-33-23-35(31-17-9-27(3)10-18-31)37(33)34(22-30-15-7-26(2)8-16-30)24-36(37)32-19-11-28(4)12-20-32/h5-24H,1-4H3/b33-21+,34-22+. The van der Waals surface area contributed by atoms with Gasteiger partial charge in [0.05, 0.1) is 0 Å². The molecule has 0 nitrogen and oxygen atoms in total. The molecule has 0 atom stereocenters. The number of aryl methyl sites for hydroxylation is 4. The van der Waals surface area contributed by atoms with Gasteiger partial charge in [0.25, 0.3) is 0 Å². The Morgan fingerprint density at radius 2 is 0.703 bits per heavy atom. The van der Waals surface area contributed by atoms with Gasteiger partial charge in [0.2, 0.25) is 0 Å². The summed E-state index contributed by atoms with van der Waals surface area (Å²) in [5.41, 5.74) is 10.4. The molecule has 0 saturated carbocycles. The van der Waals surface area contributed by atoms with E-state index >= 15 is 0 Å². The number of allylic oxidation sites excluding steroid dienone is 4. The Morgan fingerprint density at radius 3 is 1.03 bits per heavy atom. The van der Waals surface area contributed by atoms with Crippen LogP contribution in [0.3, 0.4) is 0 Å². The van der Waals surface area contributed by atoms with Gasteiger partial charge < -0.3 is 0 Å². The molecule has 37 heavy (non-hydrogen) atoms. The minimum absolute atomic E-state index is 1.27. The molecule has 4 aromatic rings. The van der Waals surface area contributed by atoms with Crippen molar-refractivity contribution in [3.8, 4) is 0 Å². The van der Waals surface area contributed by atoms with Crippen LogP contribution in [0.1, 0.15) is 44.5 Å². The van der Waals surface area contributed by atoms with Gasteiger partial charge in [-0.3, -0.25) is 0 Å². The molecule has 2 aliphatic heterocycles. The summed E-state index contributed by atoms with van der Waals surface area (Å²) in [4.78, 5) is 0. The fraction of sp³-hybridized carbons (Fsp3) is 0.111. The summed E-state index contributed by atoms with van der Waals surface area (Å²) in [6, 6.07) is 36.1. The lowest BCUT2D eigenvalue weighted by Gasteiger charge is -2.52. The molecule has 2 heterocycles. The maximum absolute atomic E-state index is 2.46. The van der Waals surface area contributed by atoms with Gasteiger partial charge >= 0.3 is 0 Å². The van der Waals surface area contributed by atoms with E-state index in [-0.39, 0.29) is 0 Å². The molecule has 0 saturated heterocycles. The zero-order chi connectivity index (χ0) is 25.6. The summed E-state index contributed by atoms with van der Waals surface area (Å²) in [6.45, 7) is 8.63. The van der Waals surface area contributed by atoms with E-state index in [0.29, 0.717) is 0 Å². The van der Waals surface area contributed by atoms with Gasteiger partial charge in [0.1, 0.15) is 0 Å². The molecule has 0 fully saturated rings. The van der Waals surface area contributed by atoms with Gasteiger partial charge in [0.15, 0.2) is 8.07 Å². The largest absolute Gasteiger partial charge is 0.180 e. The lowest BCUT2D eigenvalue weighted by Crippen LogP contribution is -2.53. The van der Waals surface area contributed by atoms with Gasteiger partial charge in [0, 0.05) is 0 Å². The third-order valence-electron chi connectivity index (χ3n) is 7.80. The Kier molecular flexibility index (Phi) is 5.82. The highest BCUT2D eigenvalue weighted by atomic mass is 28.3. The van der Waals surface area contributed by atoms with E-state index in [4.69, 9.17) is 0 Å². The molecule has 0 N–H and O–H groups in total. The van der Waals surface area contributed by atoms with Crippen LogP contribution in [0, 0.1) is 27.7 Å². The topological polar surface area (TPSA) is 0 Å². The van der Waals surface area contributed by atoms with E-state index in [2.05, 4.69) is 149 Å². The highest BCUT2D eigenvalue weighted by molar-refractivity contribution is 7.26. The van der Waals surface area contributed by atoms with Crippen LogP contribution in [0.25, 0.3) is 22.5 Å². The molecule has 0 unspecified atom stereocenters.